The zero-order valence-electron chi connectivity index (χ0n) is 9.42. The Bertz CT molecular complexity index is 707. The van der Waals surface area contributed by atoms with E-state index in [0.717, 1.165) is 21.0 Å². The third-order valence-electron chi connectivity index (χ3n) is 2.54. The van der Waals surface area contributed by atoms with E-state index in [-0.39, 0.29) is 0 Å². The number of fused-ring (bicyclic) bond motifs is 1. The maximum absolute atomic E-state index is 8.85. The van der Waals surface area contributed by atoms with Gasteiger partial charge in [-0.2, -0.15) is 5.26 Å². The lowest BCUT2D eigenvalue weighted by atomic mass is 10.2. The average molecular weight is 251 g/mol. The molecule has 2 aromatic carbocycles. The first-order chi connectivity index (χ1) is 8.85. The standard InChI is InChI=1S/C14H9N3S/c15-9-10-4-3-5-11(8-10)16-14-17-12-6-1-2-7-13(12)18-14/h1-8H,(H,16,17). The van der Waals surface area contributed by atoms with Gasteiger partial charge in [0.15, 0.2) is 5.13 Å². The molecule has 0 spiro atoms. The molecule has 1 heterocycles. The number of nitrogens with one attached hydrogen (secondary N) is 1. The number of nitrogens with zero attached hydrogens (tertiary/aromatic N) is 2. The average Bonchev–Trinajstić information content (AvgIpc) is 2.81. The topological polar surface area (TPSA) is 48.7 Å². The van der Waals surface area contributed by atoms with Crippen LogP contribution in [-0.4, -0.2) is 4.98 Å². The number of hydrogen-bond donors (Lipinski definition) is 1. The van der Waals surface area contributed by atoms with Gasteiger partial charge in [-0.15, -0.1) is 0 Å². The first kappa shape index (κ1) is 10.8. The second kappa shape index (κ2) is 4.47. The molecule has 3 nitrogen and oxygen atoms in total. The summed E-state index contributed by atoms with van der Waals surface area (Å²) in [6.45, 7) is 0. The maximum Gasteiger partial charge on any atom is 0.188 e. The molecule has 18 heavy (non-hydrogen) atoms. The molecule has 0 saturated carbocycles. The summed E-state index contributed by atoms with van der Waals surface area (Å²) in [6.07, 6.45) is 0. The van der Waals surface area contributed by atoms with Crippen LogP contribution >= 0.6 is 11.3 Å². The predicted octanol–water partition coefficient (Wildman–Crippen LogP) is 3.91. The van der Waals surface area contributed by atoms with Crippen LogP contribution in [0.2, 0.25) is 0 Å². The Morgan fingerprint density at radius 3 is 2.83 bits per heavy atom. The minimum atomic E-state index is 0.640. The third-order valence-corrected chi connectivity index (χ3v) is 3.49. The molecule has 86 valence electrons. The predicted molar refractivity (Wildman–Crippen MR) is 74.1 cm³/mol. The molecule has 0 saturated heterocycles. The Kier molecular flexibility index (Phi) is 2.67. The molecular formula is C14H9N3S. The second-order valence-corrected chi connectivity index (χ2v) is 4.83. The van der Waals surface area contributed by atoms with E-state index in [4.69, 9.17) is 5.26 Å². The fraction of sp³-hybridized carbons (Fsp3) is 0. The molecule has 3 aromatic rings. The summed E-state index contributed by atoms with van der Waals surface area (Å²) < 4.78 is 1.15. The molecule has 0 aliphatic rings. The molecule has 0 unspecified atom stereocenters. The lowest BCUT2D eigenvalue weighted by molar-refractivity contribution is 1.43. The summed E-state index contributed by atoms with van der Waals surface area (Å²) in [5.41, 5.74) is 2.51. The van der Waals surface area contributed by atoms with Gasteiger partial charge >= 0.3 is 0 Å². The first-order valence-electron chi connectivity index (χ1n) is 5.48. The van der Waals surface area contributed by atoms with Crippen LogP contribution in [0.1, 0.15) is 5.56 Å². The largest absolute Gasteiger partial charge is 0.331 e. The number of anilines is 2. The van der Waals surface area contributed by atoms with E-state index in [1.165, 1.54) is 0 Å². The molecule has 1 N–H and O–H groups in total. The van der Waals surface area contributed by atoms with Crippen molar-refractivity contribution in [2.24, 2.45) is 0 Å². The number of rotatable bonds is 2. The minimum Gasteiger partial charge on any atom is -0.331 e. The molecule has 0 amide bonds. The smallest absolute Gasteiger partial charge is 0.188 e. The number of thiazole rings is 1. The monoisotopic (exact) mass is 251 g/mol. The van der Waals surface area contributed by atoms with Crippen LogP contribution in [0.5, 0.6) is 0 Å². The number of aromatic nitrogens is 1. The normalized spacial score (nSPS) is 10.2. The van der Waals surface area contributed by atoms with E-state index in [1.54, 1.807) is 17.4 Å². The van der Waals surface area contributed by atoms with Gasteiger partial charge in [0.1, 0.15) is 0 Å². The van der Waals surface area contributed by atoms with Gasteiger partial charge in [-0.3, -0.25) is 0 Å². The summed E-state index contributed by atoms with van der Waals surface area (Å²) >= 11 is 1.60. The van der Waals surface area contributed by atoms with Gasteiger partial charge in [0, 0.05) is 5.69 Å². The van der Waals surface area contributed by atoms with Crippen molar-refractivity contribution in [1.29, 1.82) is 5.26 Å². The highest BCUT2D eigenvalue weighted by Gasteiger charge is 2.03. The van der Waals surface area contributed by atoms with Crippen molar-refractivity contribution in [3.63, 3.8) is 0 Å². The third kappa shape index (κ3) is 2.04. The van der Waals surface area contributed by atoms with Gasteiger partial charge in [0.05, 0.1) is 21.8 Å². The summed E-state index contributed by atoms with van der Waals surface area (Å²) in [7, 11) is 0. The summed E-state index contributed by atoms with van der Waals surface area (Å²) in [4.78, 5) is 4.49. The molecule has 0 fully saturated rings. The van der Waals surface area contributed by atoms with E-state index in [2.05, 4.69) is 16.4 Å². The quantitative estimate of drug-likeness (QED) is 0.751. The van der Waals surface area contributed by atoms with Crippen molar-refractivity contribution >= 4 is 32.4 Å². The zero-order valence-corrected chi connectivity index (χ0v) is 10.2. The SMILES string of the molecule is N#Cc1cccc(Nc2nc3ccccc3s2)c1. The Hall–Kier alpha value is -2.38. The summed E-state index contributed by atoms with van der Waals surface area (Å²) in [5.74, 6) is 0. The maximum atomic E-state index is 8.85. The Balaban J connectivity index is 1.94. The van der Waals surface area contributed by atoms with Crippen molar-refractivity contribution in [3.8, 4) is 6.07 Å². The highest BCUT2D eigenvalue weighted by molar-refractivity contribution is 7.22. The van der Waals surface area contributed by atoms with Crippen LogP contribution in [-0.2, 0) is 0 Å². The van der Waals surface area contributed by atoms with Crippen LogP contribution in [0.4, 0.5) is 10.8 Å². The van der Waals surface area contributed by atoms with Gasteiger partial charge in [-0.05, 0) is 30.3 Å². The molecule has 1 aromatic heterocycles. The molecular weight excluding hydrogens is 242 g/mol. The van der Waals surface area contributed by atoms with Crippen molar-refractivity contribution in [2.45, 2.75) is 0 Å². The summed E-state index contributed by atoms with van der Waals surface area (Å²) in [6, 6.07) is 17.5. The van der Waals surface area contributed by atoms with Gasteiger partial charge in [0.2, 0.25) is 0 Å². The van der Waals surface area contributed by atoms with Crippen molar-refractivity contribution in [2.75, 3.05) is 5.32 Å². The number of hydrogen-bond acceptors (Lipinski definition) is 4. The van der Waals surface area contributed by atoms with Crippen molar-refractivity contribution in [1.82, 2.24) is 4.98 Å². The molecule has 0 atom stereocenters. The number of nitriles is 1. The number of benzene rings is 2. The van der Waals surface area contributed by atoms with Crippen LogP contribution in [0.15, 0.2) is 48.5 Å². The highest BCUT2D eigenvalue weighted by Crippen LogP contribution is 2.28. The molecule has 0 radical (unpaired) electrons. The molecule has 0 bridgehead atoms. The van der Waals surface area contributed by atoms with Crippen LogP contribution in [0, 0.1) is 11.3 Å². The first-order valence-corrected chi connectivity index (χ1v) is 6.29. The van der Waals surface area contributed by atoms with E-state index in [1.807, 2.05) is 42.5 Å². The van der Waals surface area contributed by atoms with Crippen LogP contribution in [0.25, 0.3) is 10.2 Å². The van der Waals surface area contributed by atoms with Crippen molar-refractivity contribution < 1.29 is 0 Å². The Labute approximate surface area is 108 Å². The molecule has 3 rings (SSSR count). The lowest BCUT2D eigenvalue weighted by Gasteiger charge is -2.01. The highest BCUT2D eigenvalue weighted by atomic mass is 32.1. The minimum absolute atomic E-state index is 0.640. The van der Waals surface area contributed by atoms with Crippen molar-refractivity contribution in [3.05, 3.63) is 54.1 Å². The number of para-hydroxylation sites is 1. The molecule has 0 aliphatic heterocycles. The Morgan fingerprint density at radius 2 is 2.00 bits per heavy atom. The fourth-order valence-electron chi connectivity index (χ4n) is 1.72. The molecule has 0 aliphatic carbocycles. The second-order valence-electron chi connectivity index (χ2n) is 3.80. The van der Waals surface area contributed by atoms with Gasteiger partial charge in [-0.1, -0.05) is 29.5 Å². The Morgan fingerprint density at radius 1 is 1.11 bits per heavy atom. The summed E-state index contributed by atoms with van der Waals surface area (Å²) in [5, 5.41) is 12.9. The van der Waals surface area contributed by atoms with Crippen LogP contribution < -0.4 is 5.32 Å². The lowest BCUT2D eigenvalue weighted by Crippen LogP contribution is -1.89. The van der Waals surface area contributed by atoms with Crippen LogP contribution in [0.3, 0.4) is 0 Å². The van der Waals surface area contributed by atoms with Gasteiger partial charge in [0.25, 0.3) is 0 Å². The van der Waals surface area contributed by atoms with E-state index in [9.17, 15) is 0 Å². The van der Waals surface area contributed by atoms with E-state index in [0.29, 0.717) is 5.56 Å². The zero-order chi connectivity index (χ0) is 12.4. The fourth-order valence-corrected chi connectivity index (χ4v) is 2.60. The van der Waals surface area contributed by atoms with E-state index < -0.39 is 0 Å². The molecule has 4 heteroatoms. The van der Waals surface area contributed by atoms with Gasteiger partial charge < -0.3 is 5.32 Å². The van der Waals surface area contributed by atoms with Gasteiger partial charge in [-0.25, -0.2) is 4.98 Å². The van der Waals surface area contributed by atoms with E-state index >= 15 is 0 Å².